The molecule has 0 aromatic carbocycles. The summed E-state index contributed by atoms with van der Waals surface area (Å²) in [6.45, 7) is 5.34. The minimum absolute atomic E-state index is 0.0583. The molecular weight excluding hydrogens is 516 g/mol. The zero-order valence-corrected chi connectivity index (χ0v) is 22.6. The fraction of sp³-hybridized carbons (Fsp3) is 0.542. The van der Waals surface area contributed by atoms with Gasteiger partial charge >= 0.3 is 11.9 Å². The first kappa shape index (κ1) is 32.3. The largest absolute Gasteiger partial charge is 0.480 e. The Labute approximate surface area is 225 Å². The fourth-order valence-electron chi connectivity index (χ4n) is 3.11. The van der Waals surface area contributed by atoms with Gasteiger partial charge in [-0.2, -0.15) is 0 Å². The molecule has 0 unspecified atom stereocenters. The highest BCUT2D eigenvalue weighted by atomic mass is 32.2. The second-order valence-electron chi connectivity index (χ2n) is 8.39. The topological polar surface area (TPSA) is 207 Å². The highest BCUT2D eigenvalue weighted by Gasteiger charge is 2.23. The molecule has 0 aliphatic rings. The van der Waals surface area contributed by atoms with Gasteiger partial charge in [-0.05, 0) is 24.6 Å². The van der Waals surface area contributed by atoms with Gasteiger partial charge in [-0.25, -0.2) is 19.6 Å². The predicted octanol–water partition coefficient (Wildman–Crippen LogP) is 2.06. The molecule has 2 amide bonds. The summed E-state index contributed by atoms with van der Waals surface area (Å²) in [5.41, 5.74) is 1.21. The van der Waals surface area contributed by atoms with Gasteiger partial charge in [-0.1, -0.05) is 26.7 Å². The van der Waals surface area contributed by atoms with Crippen molar-refractivity contribution in [3.05, 3.63) is 30.2 Å². The van der Waals surface area contributed by atoms with Crippen LogP contribution in [0, 0.1) is 0 Å². The lowest BCUT2D eigenvalue weighted by Crippen LogP contribution is -2.42. The number of aliphatic carboxylic acids is 2. The van der Waals surface area contributed by atoms with Gasteiger partial charge in [0.15, 0.2) is 5.12 Å². The van der Waals surface area contributed by atoms with E-state index < -0.39 is 24.0 Å². The molecule has 13 nitrogen and oxygen atoms in total. The third-order valence-corrected chi connectivity index (χ3v) is 5.92. The number of amides is 2. The van der Waals surface area contributed by atoms with Crippen LogP contribution in [0.15, 0.2) is 23.9 Å². The number of carbonyl (C=O) groups is 5. The summed E-state index contributed by atoms with van der Waals surface area (Å²) in [7, 11) is 0. The van der Waals surface area contributed by atoms with Crippen LogP contribution in [0.1, 0.15) is 70.7 Å². The Morgan fingerprint density at radius 1 is 0.895 bits per heavy atom. The molecule has 2 aromatic rings. The SMILES string of the molecule is CCCCC(=O)N[C@@H](Cc1[nH]cnc1SC(C)=O)C(=O)O.CCCCC(=O)N[C@@H](Cc1cnc[nH]1)C(=O)O. The molecule has 0 fully saturated rings. The van der Waals surface area contributed by atoms with Crippen molar-refractivity contribution in [3.8, 4) is 0 Å². The molecule has 2 aromatic heterocycles. The van der Waals surface area contributed by atoms with Gasteiger partial charge in [0.2, 0.25) is 11.8 Å². The van der Waals surface area contributed by atoms with Crippen molar-refractivity contribution < 1.29 is 34.2 Å². The van der Waals surface area contributed by atoms with Crippen LogP contribution in [0.2, 0.25) is 0 Å². The molecule has 0 saturated carbocycles. The highest BCUT2D eigenvalue weighted by molar-refractivity contribution is 8.13. The van der Waals surface area contributed by atoms with Crippen LogP contribution in [-0.2, 0) is 36.8 Å². The molecule has 2 heterocycles. The van der Waals surface area contributed by atoms with Crippen LogP contribution in [0.25, 0.3) is 0 Å². The number of hydrogen-bond acceptors (Lipinski definition) is 8. The number of H-pyrrole nitrogens is 2. The van der Waals surface area contributed by atoms with Crippen molar-refractivity contribution in [2.24, 2.45) is 0 Å². The number of rotatable bonds is 15. The van der Waals surface area contributed by atoms with Crippen LogP contribution in [0.3, 0.4) is 0 Å². The zero-order valence-electron chi connectivity index (χ0n) is 21.8. The van der Waals surface area contributed by atoms with Gasteiger partial charge in [0.05, 0.1) is 18.3 Å². The van der Waals surface area contributed by atoms with E-state index in [0.717, 1.165) is 31.0 Å². The van der Waals surface area contributed by atoms with Gasteiger partial charge in [0.1, 0.15) is 17.1 Å². The van der Waals surface area contributed by atoms with Gasteiger partial charge < -0.3 is 30.8 Å². The highest BCUT2D eigenvalue weighted by Crippen LogP contribution is 2.20. The molecule has 0 saturated heterocycles. The van der Waals surface area contributed by atoms with Crippen molar-refractivity contribution in [1.82, 2.24) is 30.6 Å². The molecule has 0 aliphatic heterocycles. The van der Waals surface area contributed by atoms with E-state index in [0.29, 0.717) is 35.7 Å². The average molecular weight is 553 g/mol. The summed E-state index contributed by atoms with van der Waals surface area (Å²) in [5.74, 6) is -2.67. The third kappa shape index (κ3) is 13.0. The molecule has 14 heteroatoms. The number of carbonyl (C=O) groups excluding carboxylic acids is 3. The lowest BCUT2D eigenvalue weighted by atomic mass is 10.1. The van der Waals surface area contributed by atoms with E-state index in [9.17, 15) is 29.1 Å². The molecule has 210 valence electrons. The summed E-state index contributed by atoms with van der Waals surface area (Å²) in [4.78, 5) is 69.8. The molecule has 2 rings (SSSR count). The monoisotopic (exact) mass is 552 g/mol. The standard InChI is InChI=1S/C13H19N3O4S.C11H17N3O3/c1-3-4-5-11(18)16-10(13(19)20)6-9-12(15-7-14-9)21-8(2)17;1-2-3-4-10(15)14-9(11(16)17)5-8-6-12-7-13-8/h7,10H,3-6H2,1-2H3,(H,14,15)(H,16,18)(H,19,20);6-7,9H,2-5H2,1H3,(H,12,13)(H,14,15)(H,16,17)/t10-;9-/m00/s1. The number of carboxylic acid groups (broad SMARTS) is 2. The smallest absolute Gasteiger partial charge is 0.326 e. The Morgan fingerprint density at radius 2 is 1.45 bits per heavy atom. The molecule has 0 bridgehead atoms. The Hall–Kier alpha value is -3.68. The number of thioether (sulfide) groups is 1. The number of imidazole rings is 2. The Morgan fingerprint density at radius 3 is 1.89 bits per heavy atom. The molecule has 0 radical (unpaired) electrons. The van der Waals surface area contributed by atoms with E-state index in [1.165, 1.54) is 19.6 Å². The van der Waals surface area contributed by atoms with E-state index in [1.807, 2.05) is 13.8 Å². The average Bonchev–Trinajstić information content (AvgIpc) is 3.52. The first-order valence-electron chi connectivity index (χ1n) is 12.3. The maximum Gasteiger partial charge on any atom is 0.326 e. The Kier molecular flexibility index (Phi) is 15.1. The third-order valence-electron chi connectivity index (χ3n) is 5.09. The first-order valence-corrected chi connectivity index (χ1v) is 13.1. The van der Waals surface area contributed by atoms with Gasteiger partial charge in [0.25, 0.3) is 0 Å². The zero-order chi connectivity index (χ0) is 28.5. The van der Waals surface area contributed by atoms with Crippen LogP contribution in [-0.4, -0.2) is 71.1 Å². The summed E-state index contributed by atoms with van der Waals surface area (Å²) >= 11 is 0.931. The summed E-state index contributed by atoms with van der Waals surface area (Å²) in [5, 5.41) is 23.5. The number of aromatic amines is 2. The maximum atomic E-state index is 11.6. The number of nitrogens with zero attached hydrogens (tertiary/aromatic N) is 2. The quantitative estimate of drug-likeness (QED) is 0.177. The molecular formula is C24H36N6O7S. The van der Waals surface area contributed by atoms with Gasteiger partial charge in [-0.15, -0.1) is 0 Å². The molecule has 0 spiro atoms. The maximum absolute atomic E-state index is 11.6. The number of unbranched alkanes of at least 4 members (excludes halogenated alkanes) is 2. The van der Waals surface area contributed by atoms with Crippen LogP contribution in [0.5, 0.6) is 0 Å². The van der Waals surface area contributed by atoms with E-state index in [-0.39, 0.29) is 29.8 Å². The van der Waals surface area contributed by atoms with E-state index in [1.54, 1.807) is 6.20 Å². The van der Waals surface area contributed by atoms with Crippen molar-refractivity contribution in [2.45, 2.75) is 89.2 Å². The van der Waals surface area contributed by atoms with E-state index in [4.69, 9.17) is 5.11 Å². The number of aromatic nitrogens is 4. The van der Waals surface area contributed by atoms with Crippen molar-refractivity contribution in [3.63, 3.8) is 0 Å². The summed E-state index contributed by atoms with van der Waals surface area (Å²) < 4.78 is 0. The Balaban J connectivity index is 0.000000389. The predicted molar refractivity (Wildman–Crippen MR) is 139 cm³/mol. The Bertz CT molecular complexity index is 1040. The van der Waals surface area contributed by atoms with Gasteiger partial charge in [-0.3, -0.25) is 14.4 Å². The molecule has 0 aliphatic carbocycles. The minimum atomic E-state index is -1.12. The molecule has 38 heavy (non-hydrogen) atoms. The molecule has 2 atom stereocenters. The second-order valence-corrected chi connectivity index (χ2v) is 9.55. The number of hydrogen-bond donors (Lipinski definition) is 6. The van der Waals surface area contributed by atoms with Crippen molar-refractivity contribution >= 4 is 40.6 Å². The van der Waals surface area contributed by atoms with Crippen LogP contribution >= 0.6 is 11.8 Å². The van der Waals surface area contributed by atoms with E-state index in [2.05, 4.69) is 30.6 Å². The number of carboxylic acids is 2. The lowest BCUT2D eigenvalue weighted by molar-refractivity contribution is -0.142. The molecule has 6 N–H and O–H groups in total. The van der Waals surface area contributed by atoms with E-state index >= 15 is 0 Å². The second kappa shape index (κ2) is 17.7. The number of nitrogens with one attached hydrogen (secondary N) is 4. The van der Waals surface area contributed by atoms with Crippen LogP contribution < -0.4 is 10.6 Å². The first-order chi connectivity index (χ1) is 18.1. The normalized spacial score (nSPS) is 12.0. The van der Waals surface area contributed by atoms with Gasteiger partial charge in [0, 0.05) is 44.5 Å². The minimum Gasteiger partial charge on any atom is -0.480 e. The van der Waals surface area contributed by atoms with Crippen molar-refractivity contribution in [2.75, 3.05) is 0 Å². The van der Waals surface area contributed by atoms with Crippen LogP contribution in [0.4, 0.5) is 0 Å². The van der Waals surface area contributed by atoms with Crippen molar-refractivity contribution in [1.29, 1.82) is 0 Å². The summed E-state index contributed by atoms with van der Waals surface area (Å²) in [6.07, 6.45) is 8.63. The lowest BCUT2D eigenvalue weighted by Gasteiger charge is -2.14. The fourth-order valence-corrected chi connectivity index (χ4v) is 3.75. The summed E-state index contributed by atoms with van der Waals surface area (Å²) in [6, 6.07) is -1.94.